The normalized spacial score (nSPS) is 21.2. The highest BCUT2D eigenvalue weighted by Crippen LogP contribution is 2.18. The zero-order chi connectivity index (χ0) is 11.7. The van der Waals surface area contributed by atoms with E-state index in [4.69, 9.17) is 4.74 Å². The maximum absolute atomic E-state index is 12.3. The number of hydrogen-bond acceptors (Lipinski definition) is 4. The monoisotopic (exact) mass is 235 g/mol. The van der Waals surface area contributed by atoms with Crippen LogP contribution in [0.4, 0.5) is 0 Å². The molecule has 0 radical (unpaired) electrons. The lowest BCUT2D eigenvalue weighted by Gasteiger charge is -2.25. The van der Waals surface area contributed by atoms with Gasteiger partial charge in [-0.2, -0.15) is 5.10 Å². The second-order valence-electron chi connectivity index (χ2n) is 4.67. The Morgan fingerprint density at radius 3 is 3.06 bits per heavy atom. The lowest BCUT2D eigenvalue weighted by Crippen LogP contribution is -2.37. The highest BCUT2D eigenvalue weighted by atomic mass is 16.5. The highest BCUT2D eigenvalue weighted by Gasteiger charge is 2.21. The van der Waals surface area contributed by atoms with Gasteiger partial charge in [0.1, 0.15) is 0 Å². The zero-order valence-electron chi connectivity index (χ0n) is 9.82. The molecule has 1 N–H and O–H groups in total. The van der Waals surface area contributed by atoms with E-state index in [9.17, 15) is 4.79 Å². The van der Waals surface area contributed by atoms with E-state index in [1.165, 1.54) is 0 Å². The molecule has 3 rings (SSSR count). The summed E-state index contributed by atoms with van der Waals surface area (Å²) in [5, 5.41) is 7.58. The molecule has 0 spiro atoms. The van der Waals surface area contributed by atoms with Gasteiger partial charge in [-0.05, 0) is 31.4 Å². The summed E-state index contributed by atoms with van der Waals surface area (Å²) in [6.07, 6.45) is 4.45. The number of fused-ring (bicyclic) bond motifs is 1. The van der Waals surface area contributed by atoms with Crippen LogP contribution in [0.3, 0.4) is 0 Å². The van der Waals surface area contributed by atoms with Crippen LogP contribution >= 0.6 is 0 Å². The minimum absolute atomic E-state index is 0.107. The molecule has 5 heteroatoms. The molecule has 1 aromatic heterocycles. The molecule has 0 bridgehead atoms. The Hall–Kier alpha value is -1.20. The first-order valence-electron chi connectivity index (χ1n) is 6.24. The van der Waals surface area contributed by atoms with Crippen LogP contribution < -0.4 is 10.9 Å². The molecule has 2 aliphatic heterocycles. The van der Waals surface area contributed by atoms with Gasteiger partial charge in [0.15, 0.2) is 0 Å². The van der Waals surface area contributed by atoms with Crippen LogP contribution in [0.15, 0.2) is 11.0 Å². The summed E-state index contributed by atoms with van der Waals surface area (Å²) < 4.78 is 6.99. The summed E-state index contributed by atoms with van der Waals surface area (Å²) in [4.78, 5) is 12.3. The quantitative estimate of drug-likeness (QED) is 0.757. The van der Waals surface area contributed by atoms with Crippen molar-refractivity contribution in [1.82, 2.24) is 15.1 Å². The number of ether oxygens (including phenoxy) is 1. The molecular weight excluding hydrogens is 218 g/mol. The van der Waals surface area contributed by atoms with E-state index in [2.05, 4.69) is 10.4 Å². The molecule has 0 aromatic carbocycles. The van der Waals surface area contributed by atoms with E-state index < -0.39 is 0 Å². The molecule has 5 nitrogen and oxygen atoms in total. The fourth-order valence-electron chi connectivity index (χ4n) is 2.58. The second-order valence-corrected chi connectivity index (χ2v) is 4.67. The van der Waals surface area contributed by atoms with Crippen molar-refractivity contribution in [3.8, 4) is 0 Å². The van der Waals surface area contributed by atoms with Gasteiger partial charge < -0.3 is 10.1 Å². The molecular formula is C12H17N3O2. The second kappa shape index (κ2) is 4.58. The molecule has 1 saturated heterocycles. The van der Waals surface area contributed by atoms with Gasteiger partial charge in [-0.1, -0.05) is 0 Å². The van der Waals surface area contributed by atoms with Crippen LogP contribution in [0.25, 0.3) is 0 Å². The largest absolute Gasteiger partial charge is 0.381 e. The lowest BCUT2D eigenvalue weighted by molar-refractivity contribution is 0.0646. The number of aromatic nitrogens is 2. The number of nitrogens with zero attached hydrogens (tertiary/aromatic N) is 2. The van der Waals surface area contributed by atoms with Gasteiger partial charge in [0.05, 0.1) is 12.2 Å². The van der Waals surface area contributed by atoms with Gasteiger partial charge in [-0.15, -0.1) is 0 Å². The minimum Gasteiger partial charge on any atom is -0.381 e. The standard InChI is InChI=1S/C12H17N3O2/c16-12-11-1-4-13-7-9(11)8-14-15(12)10-2-5-17-6-3-10/h8,10,13H,1-7H2. The third-order valence-corrected chi connectivity index (χ3v) is 3.60. The molecule has 0 amide bonds. The first-order chi connectivity index (χ1) is 8.36. The Kier molecular flexibility index (Phi) is 2.94. The van der Waals surface area contributed by atoms with Gasteiger partial charge in [0.2, 0.25) is 0 Å². The molecule has 0 aliphatic carbocycles. The van der Waals surface area contributed by atoms with E-state index in [1.54, 1.807) is 4.68 Å². The maximum atomic E-state index is 12.3. The van der Waals surface area contributed by atoms with Gasteiger partial charge in [0, 0.05) is 25.3 Å². The summed E-state index contributed by atoms with van der Waals surface area (Å²) >= 11 is 0. The van der Waals surface area contributed by atoms with E-state index in [-0.39, 0.29) is 11.6 Å². The van der Waals surface area contributed by atoms with E-state index in [0.29, 0.717) is 0 Å². The summed E-state index contributed by atoms with van der Waals surface area (Å²) in [7, 11) is 0. The predicted octanol–water partition coefficient (Wildman–Crippen LogP) is 0.240. The lowest BCUT2D eigenvalue weighted by atomic mass is 10.0. The SMILES string of the molecule is O=c1c2c(cnn1C1CCOCC1)CNCC2. The zero-order valence-corrected chi connectivity index (χ0v) is 9.82. The highest BCUT2D eigenvalue weighted by molar-refractivity contribution is 5.23. The van der Waals surface area contributed by atoms with E-state index in [1.807, 2.05) is 6.20 Å². The van der Waals surface area contributed by atoms with Crippen molar-refractivity contribution in [2.45, 2.75) is 31.8 Å². The molecule has 0 saturated carbocycles. The molecule has 2 aliphatic rings. The Bertz CT molecular complexity index is 463. The Labute approximate surface area is 99.8 Å². The van der Waals surface area contributed by atoms with Gasteiger partial charge in [-0.3, -0.25) is 4.79 Å². The average Bonchev–Trinajstić information content (AvgIpc) is 2.40. The molecule has 17 heavy (non-hydrogen) atoms. The third-order valence-electron chi connectivity index (χ3n) is 3.60. The molecule has 92 valence electrons. The van der Waals surface area contributed by atoms with Crippen molar-refractivity contribution in [2.24, 2.45) is 0 Å². The summed E-state index contributed by atoms with van der Waals surface area (Å²) in [5.41, 5.74) is 2.12. The molecule has 1 aromatic rings. The first-order valence-corrected chi connectivity index (χ1v) is 6.24. The van der Waals surface area contributed by atoms with Crippen molar-refractivity contribution in [2.75, 3.05) is 19.8 Å². The summed E-state index contributed by atoms with van der Waals surface area (Å²) in [6.45, 7) is 3.13. The van der Waals surface area contributed by atoms with Gasteiger partial charge in [0.25, 0.3) is 5.56 Å². The van der Waals surface area contributed by atoms with Crippen molar-refractivity contribution in [1.29, 1.82) is 0 Å². The van der Waals surface area contributed by atoms with Crippen molar-refractivity contribution >= 4 is 0 Å². The number of nitrogens with one attached hydrogen (secondary N) is 1. The first kappa shape index (κ1) is 10.9. The summed E-state index contributed by atoms with van der Waals surface area (Å²) in [6, 6.07) is 0.219. The molecule has 1 fully saturated rings. The third kappa shape index (κ3) is 2.00. The fraction of sp³-hybridized carbons (Fsp3) is 0.667. The average molecular weight is 235 g/mol. The minimum atomic E-state index is 0.107. The van der Waals surface area contributed by atoms with Crippen LogP contribution in [0, 0.1) is 0 Å². The van der Waals surface area contributed by atoms with Crippen LogP contribution in [0.1, 0.15) is 30.0 Å². The Balaban J connectivity index is 1.97. The van der Waals surface area contributed by atoms with E-state index in [0.717, 1.165) is 56.7 Å². The predicted molar refractivity (Wildman–Crippen MR) is 63.0 cm³/mol. The van der Waals surface area contributed by atoms with Crippen molar-refractivity contribution < 1.29 is 4.74 Å². The van der Waals surface area contributed by atoms with Crippen LogP contribution in [-0.2, 0) is 17.7 Å². The fourth-order valence-corrected chi connectivity index (χ4v) is 2.58. The number of hydrogen-bond donors (Lipinski definition) is 1. The maximum Gasteiger partial charge on any atom is 0.270 e. The van der Waals surface area contributed by atoms with Crippen molar-refractivity contribution in [3.05, 3.63) is 27.7 Å². The Morgan fingerprint density at radius 2 is 2.24 bits per heavy atom. The molecule has 0 atom stereocenters. The Morgan fingerprint density at radius 1 is 1.41 bits per heavy atom. The summed E-state index contributed by atoms with van der Waals surface area (Å²) in [5.74, 6) is 0. The topological polar surface area (TPSA) is 56.2 Å². The number of rotatable bonds is 1. The van der Waals surface area contributed by atoms with Gasteiger partial charge in [-0.25, -0.2) is 4.68 Å². The van der Waals surface area contributed by atoms with Gasteiger partial charge >= 0.3 is 0 Å². The van der Waals surface area contributed by atoms with Crippen LogP contribution in [-0.4, -0.2) is 29.5 Å². The van der Waals surface area contributed by atoms with E-state index >= 15 is 0 Å². The van der Waals surface area contributed by atoms with Crippen LogP contribution in [0.2, 0.25) is 0 Å². The molecule has 0 unspecified atom stereocenters. The smallest absolute Gasteiger partial charge is 0.270 e. The van der Waals surface area contributed by atoms with Crippen LogP contribution in [0.5, 0.6) is 0 Å². The molecule has 3 heterocycles. The van der Waals surface area contributed by atoms with Crippen molar-refractivity contribution in [3.63, 3.8) is 0 Å².